The first-order chi connectivity index (χ1) is 9.06. The maximum absolute atomic E-state index is 12.5. The quantitative estimate of drug-likeness (QED) is 0.749. The molecule has 0 unspecified atom stereocenters. The maximum Gasteiger partial charge on any atom is 0.246 e. The van der Waals surface area contributed by atoms with Gasteiger partial charge in [-0.25, -0.2) is 0 Å². The monoisotopic (exact) mass is 267 g/mol. The minimum Gasteiger partial charge on any atom is -0.357 e. The summed E-state index contributed by atoms with van der Waals surface area (Å²) in [4.78, 5) is 39.1. The number of nitrogens with zero attached hydrogens (tertiary/aromatic N) is 2. The fourth-order valence-corrected chi connectivity index (χ4v) is 3.06. The van der Waals surface area contributed by atoms with Crippen LogP contribution >= 0.6 is 0 Å². The molecule has 19 heavy (non-hydrogen) atoms. The van der Waals surface area contributed by atoms with Crippen LogP contribution in [0, 0.1) is 0 Å². The summed E-state index contributed by atoms with van der Waals surface area (Å²) in [5, 5.41) is 2.60. The predicted octanol–water partition coefficient (Wildman–Crippen LogP) is -0.266. The number of carbonyl (C=O) groups excluding carboxylic acids is 3. The third-order valence-corrected chi connectivity index (χ3v) is 4.03. The second kappa shape index (κ2) is 5.59. The van der Waals surface area contributed by atoms with Gasteiger partial charge in [0.1, 0.15) is 12.1 Å². The van der Waals surface area contributed by atoms with E-state index in [1.54, 1.807) is 16.8 Å². The van der Waals surface area contributed by atoms with E-state index in [4.69, 9.17) is 0 Å². The molecule has 2 fully saturated rings. The lowest BCUT2D eigenvalue weighted by Gasteiger charge is -2.30. The fraction of sp³-hybridized carbons (Fsp3) is 0.769. The first-order valence-electron chi connectivity index (χ1n) is 6.85. The van der Waals surface area contributed by atoms with Crippen LogP contribution in [-0.4, -0.2) is 59.7 Å². The summed E-state index contributed by atoms with van der Waals surface area (Å²) in [7, 11) is 1.58. The molecule has 0 aromatic rings. The third kappa shape index (κ3) is 2.57. The summed E-state index contributed by atoms with van der Waals surface area (Å²) in [5.41, 5.74) is 0. The van der Waals surface area contributed by atoms with Gasteiger partial charge in [0.25, 0.3) is 0 Å². The standard InChI is InChI=1S/C13H21N3O3/c1-9(17)15-7-4-6-11(15)13(19)16-8-3-5-10(16)12(18)14-2/h10-11H,3-8H2,1-2H3,(H,14,18)/t10-,11-/m0/s1. The predicted molar refractivity (Wildman–Crippen MR) is 69.2 cm³/mol. The molecule has 1 N–H and O–H groups in total. The van der Waals surface area contributed by atoms with E-state index < -0.39 is 0 Å². The van der Waals surface area contributed by atoms with Gasteiger partial charge in [-0.1, -0.05) is 0 Å². The molecule has 0 spiro atoms. The molecule has 0 aromatic carbocycles. The number of amides is 3. The zero-order valence-corrected chi connectivity index (χ0v) is 11.5. The fourth-order valence-electron chi connectivity index (χ4n) is 3.06. The Bertz CT molecular complexity index is 397. The Kier molecular flexibility index (Phi) is 4.07. The molecule has 2 aliphatic heterocycles. The minimum absolute atomic E-state index is 0.0634. The topological polar surface area (TPSA) is 69.7 Å². The molecule has 2 heterocycles. The summed E-state index contributed by atoms with van der Waals surface area (Å²) in [6, 6.07) is -0.741. The first kappa shape index (κ1) is 13.8. The van der Waals surface area contributed by atoms with E-state index in [9.17, 15) is 14.4 Å². The van der Waals surface area contributed by atoms with Crippen molar-refractivity contribution in [2.45, 2.75) is 44.7 Å². The molecule has 2 rings (SSSR count). The van der Waals surface area contributed by atoms with Gasteiger partial charge in [-0.05, 0) is 25.7 Å². The lowest BCUT2D eigenvalue weighted by Crippen LogP contribution is -2.52. The van der Waals surface area contributed by atoms with Crippen LogP contribution in [-0.2, 0) is 14.4 Å². The van der Waals surface area contributed by atoms with E-state index in [0.717, 1.165) is 12.8 Å². The Labute approximate surface area is 113 Å². The SMILES string of the molecule is CNC(=O)[C@@H]1CCCN1C(=O)[C@@H]1CCCN1C(C)=O. The molecule has 0 saturated carbocycles. The highest BCUT2D eigenvalue weighted by Gasteiger charge is 2.40. The lowest BCUT2D eigenvalue weighted by atomic mass is 10.1. The number of carbonyl (C=O) groups is 3. The van der Waals surface area contributed by atoms with Gasteiger partial charge in [0.05, 0.1) is 0 Å². The molecule has 106 valence electrons. The average molecular weight is 267 g/mol. The van der Waals surface area contributed by atoms with Crippen LogP contribution in [0.1, 0.15) is 32.6 Å². The number of likely N-dealkylation sites (tertiary alicyclic amines) is 2. The highest BCUT2D eigenvalue weighted by molar-refractivity contribution is 5.92. The smallest absolute Gasteiger partial charge is 0.246 e. The molecule has 0 bridgehead atoms. The van der Waals surface area contributed by atoms with Gasteiger partial charge in [-0.3, -0.25) is 14.4 Å². The number of likely N-dealkylation sites (N-methyl/N-ethyl adjacent to an activating group) is 1. The van der Waals surface area contributed by atoms with E-state index in [-0.39, 0.29) is 29.8 Å². The van der Waals surface area contributed by atoms with Crippen LogP contribution in [0.3, 0.4) is 0 Å². The van der Waals surface area contributed by atoms with Gasteiger partial charge in [0, 0.05) is 27.1 Å². The summed E-state index contributed by atoms with van der Waals surface area (Å²) in [6.07, 6.45) is 3.11. The Morgan fingerprint density at radius 1 is 1.00 bits per heavy atom. The van der Waals surface area contributed by atoms with E-state index in [2.05, 4.69) is 5.32 Å². The van der Waals surface area contributed by atoms with E-state index in [1.165, 1.54) is 6.92 Å². The molecule has 0 aromatic heterocycles. The maximum atomic E-state index is 12.5. The van der Waals surface area contributed by atoms with Crippen molar-refractivity contribution in [3.05, 3.63) is 0 Å². The molecule has 6 heteroatoms. The average Bonchev–Trinajstić information content (AvgIpc) is 3.05. The molecule has 0 radical (unpaired) electrons. The first-order valence-corrected chi connectivity index (χ1v) is 6.85. The van der Waals surface area contributed by atoms with Gasteiger partial charge < -0.3 is 15.1 Å². The second-order valence-corrected chi connectivity index (χ2v) is 5.17. The highest BCUT2D eigenvalue weighted by atomic mass is 16.2. The van der Waals surface area contributed by atoms with Crippen molar-refractivity contribution in [3.8, 4) is 0 Å². The summed E-state index contributed by atoms with van der Waals surface area (Å²) >= 11 is 0. The van der Waals surface area contributed by atoms with Gasteiger partial charge in [0.2, 0.25) is 17.7 Å². The Hall–Kier alpha value is -1.59. The van der Waals surface area contributed by atoms with Crippen LogP contribution in [0.2, 0.25) is 0 Å². The van der Waals surface area contributed by atoms with Gasteiger partial charge >= 0.3 is 0 Å². The molecule has 0 aliphatic carbocycles. The van der Waals surface area contributed by atoms with Crippen LogP contribution in [0.25, 0.3) is 0 Å². The minimum atomic E-state index is -0.372. The third-order valence-electron chi connectivity index (χ3n) is 4.03. The number of hydrogen-bond donors (Lipinski definition) is 1. The Morgan fingerprint density at radius 2 is 1.58 bits per heavy atom. The van der Waals surface area contributed by atoms with E-state index in [0.29, 0.717) is 25.9 Å². The van der Waals surface area contributed by atoms with E-state index in [1.807, 2.05) is 0 Å². The molecule has 2 atom stereocenters. The van der Waals surface area contributed by atoms with Gasteiger partial charge in [0.15, 0.2) is 0 Å². The highest BCUT2D eigenvalue weighted by Crippen LogP contribution is 2.24. The van der Waals surface area contributed by atoms with Crippen LogP contribution in [0.4, 0.5) is 0 Å². The molecule has 2 saturated heterocycles. The number of rotatable bonds is 2. The summed E-state index contributed by atoms with van der Waals surface area (Å²) < 4.78 is 0. The van der Waals surface area contributed by atoms with Crippen molar-refractivity contribution in [2.24, 2.45) is 0 Å². The normalized spacial score (nSPS) is 26.6. The summed E-state index contributed by atoms with van der Waals surface area (Å²) in [5.74, 6) is -0.247. The number of hydrogen-bond acceptors (Lipinski definition) is 3. The van der Waals surface area contributed by atoms with Crippen molar-refractivity contribution in [1.29, 1.82) is 0 Å². The zero-order valence-electron chi connectivity index (χ0n) is 11.5. The molecular formula is C13H21N3O3. The van der Waals surface area contributed by atoms with Crippen LogP contribution in [0.5, 0.6) is 0 Å². The summed E-state index contributed by atoms with van der Waals surface area (Å²) in [6.45, 7) is 2.75. The van der Waals surface area contributed by atoms with Crippen molar-refractivity contribution >= 4 is 17.7 Å². The second-order valence-electron chi connectivity index (χ2n) is 5.17. The van der Waals surface area contributed by atoms with Crippen molar-refractivity contribution in [2.75, 3.05) is 20.1 Å². The van der Waals surface area contributed by atoms with E-state index >= 15 is 0 Å². The van der Waals surface area contributed by atoms with Crippen LogP contribution in [0.15, 0.2) is 0 Å². The van der Waals surface area contributed by atoms with Gasteiger partial charge in [-0.2, -0.15) is 0 Å². The Balaban J connectivity index is 2.10. The van der Waals surface area contributed by atoms with Gasteiger partial charge in [-0.15, -0.1) is 0 Å². The lowest BCUT2D eigenvalue weighted by molar-refractivity contribution is -0.145. The zero-order chi connectivity index (χ0) is 14.0. The van der Waals surface area contributed by atoms with Crippen molar-refractivity contribution in [3.63, 3.8) is 0 Å². The van der Waals surface area contributed by atoms with Crippen molar-refractivity contribution in [1.82, 2.24) is 15.1 Å². The van der Waals surface area contributed by atoms with Crippen LogP contribution < -0.4 is 5.32 Å². The molecule has 6 nitrogen and oxygen atoms in total. The largest absolute Gasteiger partial charge is 0.357 e. The van der Waals surface area contributed by atoms with Crippen molar-refractivity contribution < 1.29 is 14.4 Å². The number of nitrogens with one attached hydrogen (secondary N) is 1. The Morgan fingerprint density at radius 3 is 2.16 bits per heavy atom. The molecule has 2 aliphatic rings. The molecular weight excluding hydrogens is 246 g/mol. The molecule has 3 amide bonds.